The summed E-state index contributed by atoms with van der Waals surface area (Å²) in [6, 6.07) is 9.37. The van der Waals surface area contributed by atoms with Gasteiger partial charge < -0.3 is 15.3 Å². The van der Waals surface area contributed by atoms with E-state index in [9.17, 15) is 14.7 Å². The topological polar surface area (TPSA) is 69.6 Å². The number of aliphatic hydroxyl groups excluding tert-OH is 1. The number of carbonyl (C=O) groups excluding carboxylic acids is 2. The molecule has 0 spiro atoms. The van der Waals surface area contributed by atoms with Gasteiger partial charge in [-0.1, -0.05) is 30.3 Å². The Kier molecular flexibility index (Phi) is 5.33. The maximum Gasteiger partial charge on any atom is 0.225 e. The summed E-state index contributed by atoms with van der Waals surface area (Å²) < 4.78 is 0. The monoisotopic (exact) mass is 290 g/mol. The highest BCUT2D eigenvalue weighted by Crippen LogP contribution is 2.21. The second-order valence-electron chi connectivity index (χ2n) is 5.32. The van der Waals surface area contributed by atoms with Crippen LogP contribution in [0.1, 0.15) is 31.4 Å². The zero-order valence-corrected chi connectivity index (χ0v) is 12.3. The molecule has 1 aliphatic rings. The molecule has 114 valence electrons. The van der Waals surface area contributed by atoms with E-state index in [1.165, 1.54) is 0 Å². The smallest absolute Gasteiger partial charge is 0.225 e. The van der Waals surface area contributed by atoms with Crippen LogP contribution < -0.4 is 5.32 Å². The molecule has 2 rings (SSSR count). The van der Waals surface area contributed by atoms with Crippen molar-refractivity contribution in [2.75, 3.05) is 19.7 Å². The van der Waals surface area contributed by atoms with Crippen molar-refractivity contribution in [1.29, 1.82) is 0 Å². The molecule has 1 saturated heterocycles. The number of nitrogens with zero attached hydrogens (tertiary/aromatic N) is 1. The van der Waals surface area contributed by atoms with Crippen molar-refractivity contribution >= 4 is 11.8 Å². The van der Waals surface area contributed by atoms with Gasteiger partial charge in [0, 0.05) is 26.1 Å². The molecule has 0 bridgehead atoms. The lowest BCUT2D eigenvalue weighted by Crippen LogP contribution is -2.36. The lowest BCUT2D eigenvalue weighted by molar-refractivity contribution is -0.129. The molecule has 0 saturated carbocycles. The largest absolute Gasteiger partial charge is 0.396 e. The van der Waals surface area contributed by atoms with Crippen LogP contribution in [0.3, 0.4) is 0 Å². The van der Waals surface area contributed by atoms with Crippen molar-refractivity contribution in [3.8, 4) is 0 Å². The average Bonchev–Trinajstić information content (AvgIpc) is 2.89. The van der Waals surface area contributed by atoms with E-state index in [-0.39, 0.29) is 36.8 Å². The summed E-state index contributed by atoms with van der Waals surface area (Å²) in [5.74, 6) is -0.361. The third kappa shape index (κ3) is 3.82. The van der Waals surface area contributed by atoms with E-state index < -0.39 is 0 Å². The molecular weight excluding hydrogens is 268 g/mol. The number of likely N-dealkylation sites (tertiary alicyclic amines) is 1. The van der Waals surface area contributed by atoms with Crippen molar-refractivity contribution in [1.82, 2.24) is 10.2 Å². The van der Waals surface area contributed by atoms with Crippen molar-refractivity contribution in [2.24, 2.45) is 5.92 Å². The lowest BCUT2D eigenvalue weighted by Gasteiger charge is -2.20. The molecule has 1 aromatic carbocycles. The summed E-state index contributed by atoms with van der Waals surface area (Å²) in [5, 5.41) is 12.1. The van der Waals surface area contributed by atoms with Crippen LogP contribution in [0.15, 0.2) is 30.3 Å². The summed E-state index contributed by atoms with van der Waals surface area (Å²) in [5.41, 5.74) is 0.969. The fourth-order valence-electron chi connectivity index (χ4n) is 2.68. The Balaban J connectivity index is 2.01. The average molecular weight is 290 g/mol. The van der Waals surface area contributed by atoms with Crippen LogP contribution in [0, 0.1) is 5.92 Å². The van der Waals surface area contributed by atoms with E-state index in [0.717, 1.165) is 5.56 Å². The van der Waals surface area contributed by atoms with Crippen LogP contribution in [-0.2, 0) is 9.59 Å². The van der Waals surface area contributed by atoms with Gasteiger partial charge in [0.1, 0.15) is 0 Å². The number of hydrogen-bond acceptors (Lipinski definition) is 3. The Bertz CT molecular complexity index is 490. The second-order valence-corrected chi connectivity index (χ2v) is 5.32. The number of aliphatic hydroxyl groups is 1. The Hall–Kier alpha value is -1.88. The maximum absolute atomic E-state index is 12.3. The van der Waals surface area contributed by atoms with E-state index in [0.29, 0.717) is 19.5 Å². The molecule has 2 atom stereocenters. The minimum absolute atomic E-state index is 0.00449. The molecule has 0 aliphatic carbocycles. The number of carbonyl (C=O) groups is 2. The predicted octanol–water partition coefficient (Wildman–Crippen LogP) is 1.09. The molecule has 1 heterocycles. The van der Waals surface area contributed by atoms with Crippen LogP contribution >= 0.6 is 0 Å². The molecule has 0 radical (unpaired) electrons. The number of amides is 2. The first-order valence-corrected chi connectivity index (χ1v) is 7.39. The molecule has 2 amide bonds. The van der Waals surface area contributed by atoms with Gasteiger partial charge in [0.25, 0.3) is 0 Å². The van der Waals surface area contributed by atoms with Gasteiger partial charge in [0.05, 0.1) is 12.0 Å². The van der Waals surface area contributed by atoms with Crippen molar-refractivity contribution in [3.05, 3.63) is 35.9 Å². The standard InChI is InChI=1S/C16H22N2O3/c1-2-18-11-13(10-15(18)20)16(21)17-14(8-9-19)12-6-4-3-5-7-12/h3-7,13-14,19H,2,8-11H2,1H3,(H,17,21). The first kappa shape index (κ1) is 15.5. The summed E-state index contributed by atoms with van der Waals surface area (Å²) in [6.07, 6.45) is 0.744. The summed E-state index contributed by atoms with van der Waals surface area (Å²) in [4.78, 5) is 25.7. The van der Waals surface area contributed by atoms with Gasteiger partial charge in [0.15, 0.2) is 0 Å². The Morgan fingerprint density at radius 2 is 2.14 bits per heavy atom. The summed E-state index contributed by atoms with van der Waals surface area (Å²) >= 11 is 0. The van der Waals surface area contributed by atoms with E-state index in [4.69, 9.17) is 0 Å². The van der Waals surface area contributed by atoms with E-state index in [1.807, 2.05) is 37.3 Å². The van der Waals surface area contributed by atoms with E-state index in [2.05, 4.69) is 5.32 Å². The van der Waals surface area contributed by atoms with Gasteiger partial charge in [-0.25, -0.2) is 0 Å². The highest BCUT2D eigenvalue weighted by Gasteiger charge is 2.34. The minimum atomic E-state index is -0.289. The summed E-state index contributed by atoms with van der Waals surface area (Å²) in [6.45, 7) is 3.05. The van der Waals surface area contributed by atoms with Gasteiger partial charge in [-0.3, -0.25) is 9.59 Å². The molecule has 1 aliphatic heterocycles. The minimum Gasteiger partial charge on any atom is -0.396 e. The number of nitrogens with one attached hydrogen (secondary N) is 1. The fraction of sp³-hybridized carbons (Fsp3) is 0.500. The molecule has 21 heavy (non-hydrogen) atoms. The Labute approximate surface area is 125 Å². The second kappa shape index (κ2) is 7.22. The number of benzene rings is 1. The first-order valence-electron chi connectivity index (χ1n) is 7.39. The lowest BCUT2D eigenvalue weighted by atomic mass is 10.0. The zero-order chi connectivity index (χ0) is 15.2. The zero-order valence-electron chi connectivity index (χ0n) is 12.3. The maximum atomic E-state index is 12.3. The highest BCUT2D eigenvalue weighted by molar-refractivity contribution is 5.89. The van der Waals surface area contributed by atoms with E-state index in [1.54, 1.807) is 4.90 Å². The van der Waals surface area contributed by atoms with Gasteiger partial charge in [0.2, 0.25) is 11.8 Å². The van der Waals surface area contributed by atoms with Crippen LogP contribution in [0.25, 0.3) is 0 Å². The number of hydrogen-bond donors (Lipinski definition) is 2. The van der Waals surface area contributed by atoms with Gasteiger partial charge >= 0.3 is 0 Å². The van der Waals surface area contributed by atoms with Crippen LogP contribution in [0.4, 0.5) is 0 Å². The first-order chi connectivity index (χ1) is 10.2. The van der Waals surface area contributed by atoms with Gasteiger partial charge in [-0.2, -0.15) is 0 Å². The molecule has 1 aromatic rings. The van der Waals surface area contributed by atoms with Crippen molar-refractivity contribution < 1.29 is 14.7 Å². The molecular formula is C16H22N2O3. The van der Waals surface area contributed by atoms with Crippen LogP contribution in [-0.4, -0.2) is 41.5 Å². The van der Waals surface area contributed by atoms with Crippen molar-refractivity contribution in [2.45, 2.75) is 25.8 Å². The van der Waals surface area contributed by atoms with E-state index >= 15 is 0 Å². The number of rotatable bonds is 6. The fourth-order valence-corrected chi connectivity index (χ4v) is 2.68. The molecule has 2 unspecified atom stereocenters. The molecule has 0 aromatic heterocycles. The Morgan fingerprint density at radius 1 is 1.43 bits per heavy atom. The Morgan fingerprint density at radius 3 is 2.71 bits per heavy atom. The van der Waals surface area contributed by atoms with Crippen LogP contribution in [0.2, 0.25) is 0 Å². The predicted molar refractivity (Wildman–Crippen MR) is 79.4 cm³/mol. The molecule has 5 nitrogen and oxygen atoms in total. The molecule has 5 heteroatoms. The SMILES string of the molecule is CCN1CC(C(=O)NC(CCO)c2ccccc2)CC1=O. The van der Waals surface area contributed by atoms with Crippen LogP contribution in [0.5, 0.6) is 0 Å². The van der Waals surface area contributed by atoms with Crippen molar-refractivity contribution in [3.63, 3.8) is 0 Å². The van der Waals surface area contributed by atoms with Gasteiger partial charge in [-0.15, -0.1) is 0 Å². The highest BCUT2D eigenvalue weighted by atomic mass is 16.3. The van der Waals surface area contributed by atoms with Gasteiger partial charge in [-0.05, 0) is 18.9 Å². The quantitative estimate of drug-likeness (QED) is 0.824. The third-order valence-electron chi connectivity index (χ3n) is 3.90. The normalized spacial score (nSPS) is 19.6. The molecule has 2 N–H and O–H groups in total. The third-order valence-corrected chi connectivity index (χ3v) is 3.90. The molecule has 1 fully saturated rings. The summed E-state index contributed by atoms with van der Waals surface area (Å²) in [7, 11) is 0.